The number of hydrogen-bond donors (Lipinski definition) is 0. The highest BCUT2D eigenvalue weighted by atomic mass is 16.5. The molecule has 4 heteroatoms. The molecule has 0 amide bonds. The molecule has 1 aromatic heterocycles. The van der Waals surface area contributed by atoms with E-state index >= 15 is 0 Å². The molecule has 1 aliphatic heterocycles. The van der Waals surface area contributed by atoms with Crippen LogP contribution in [0.3, 0.4) is 0 Å². The zero-order valence-electron chi connectivity index (χ0n) is 15.3. The summed E-state index contributed by atoms with van der Waals surface area (Å²) in [6, 6.07) is 9.24. The smallest absolute Gasteiger partial charge is 0.118 e. The zero-order chi connectivity index (χ0) is 17.1. The van der Waals surface area contributed by atoms with Crippen LogP contribution in [0.2, 0.25) is 0 Å². The van der Waals surface area contributed by atoms with Crippen molar-refractivity contribution in [2.75, 3.05) is 20.2 Å². The first-order valence-electron chi connectivity index (χ1n) is 8.92. The summed E-state index contributed by atoms with van der Waals surface area (Å²) in [6.07, 6.45) is 5.21. The molecule has 1 saturated heterocycles. The second-order valence-corrected chi connectivity index (χ2v) is 7.24. The van der Waals surface area contributed by atoms with Crippen LogP contribution in [0.5, 0.6) is 5.75 Å². The van der Waals surface area contributed by atoms with E-state index in [9.17, 15) is 0 Å². The van der Waals surface area contributed by atoms with Gasteiger partial charge >= 0.3 is 0 Å². The van der Waals surface area contributed by atoms with Gasteiger partial charge < -0.3 is 9.30 Å². The molecule has 1 fully saturated rings. The van der Waals surface area contributed by atoms with Crippen molar-refractivity contribution in [3.05, 3.63) is 48.0 Å². The summed E-state index contributed by atoms with van der Waals surface area (Å²) in [6.45, 7) is 10.1. The van der Waals surface area contributed by atoms with Crippen LogP contribution in [0.4, 0.5) is 0 Å². The highest BCUT2D eigenvalue weighted by molar-refractivity contribution is 5.30. The first-order valence-corrected chi connectivity index (χ1v) is 8.92. The Hall–Kier alpha value is -1.81. The topological polar surface area (TPSA) is 30.3 Å². The number of rotatable bonds is 6. The summed E-state index contributed by atoms with van der Waals surface area (Å²) in [5, 5.41) is 0. The Labute approximate surface area is 145 Å². The van der Waals surface area contributed by atoms with Crippen LogP contribution in [0.25, 0.3) is 0 Å². The summed E-state index contributed by atoms with van der Waals surface area (Å²) in [5.74, 6) is 3.29. The molecule has 0 bridgehead atoms. The normalized spacial score (nSPS) is 22.7. The van der Waals surface area contributed by atoms with Crippen molar-refractivity contribution < 1.29 is 4.74 Å². The van der Waals surface area contributed by atoms with E-state index < -0.39 is 0 Å². The molecule has 24 heavy (non-hydrogen) atoms. The third kappa shape index (κ3) is 3.81. The molecule has 0 radical (unpaired) electrons. The lowest BCUT2D eigenvalue weighted by Gasteiger charge is -2.25. The average Bonchev–Trinajstić information content (AvgIpc) is 3.14. The first-order chi connectivity index (χ1) is 11.6. The first kappa shape index (κ1) is 17.0. The van der Waals surface area contributed by atoms with Crippen LogP contribution in [0.1, 0.15) is 37.6 Å². The number of nitrogens with zero attached hydrogens (tertiary/aromatic N) is 3. The molecule has 0 N–H and O–H groups in total. The van der Waals surface area contributed by atoms with Gasteiger partial charge in [0.2, 0.25) is 0 Å². The predicted molar refractivity (Wildman–Crippen MR) is 97.5 cm³/mol. The number of aromatic nitrogens is 2. The monoisotopic (exact) mass is 327 g/mol. The molecule has 3 rings (SSSR count). The Balaban J connectivity index is 1.58. The third-order valence-electron chi connectivity index (χ3n) is 5.27. The van der Waals surface area contributed by atoms with E-state index in [2.05, 4.69) is 65.7 Å². The highest BCUT2D eigenvalue weighted by Gasteiger charge is 2.30. The Morgan fingerprint density at radius 1 is 1.25 bits per heavy atom. The quantitative estimate of drug-likeness (QED) is 0.810. The van der Waals surface area contributed by atoms with Crippen molar-refractivity contribution in [2.45, 2.75) is 45.7 Å². The molecule has 0 saturated carbocycles. The van der Waals surface area contributed by atoms with Gasteiger partial charge in [-0.05, 0) is 49.8 Å². The summed E-state index contributed by atoms with van der Waals surface area (Å²) in [7, 11) is 1.72. The number of ether oxygens (including phenoxy) is 1. The van der Waals surface area contributed by atoms with Gasteiger partial charge in [-0.3, -0.25) is 4.90 Å². The average molecular weight is 327 g/mol. The fourth-order valence-electron chi connectivity index (χ4n) is 3.86. The summed E-state index contributed by atoms with van der Waals surface area (Å²) >= 11 is 0. The van der Waals surface area contributed by atoms with Gasteiger partial charge in [0.1, 0.15) is 11.6 Å². The SMILES string of the molecule is COc1ccc([C@@H]2C[C@@H](C)N(C[C@H](C)Cn3ccnc3C)C2)cc1. The number of likely N-dealkylation sites (tertiary alicyclic amines) is 1. The van der Waals surface area contributed by atoms with Crippen molar-refractivity contribution in [1.29, 1.82) is 0 Å². The zero-order valence-corrected chi connectivity index (χ0v) is 15.3. The maximum atomic E-state index is 5.27. The molecular formula is C20H29N3O. The van der Waals surface area contributed by atoms with E-state index in [0.717, 1.165) is 31.2 Å². The maximum Gasteiger partial charge on any atom is 0.118 e. The second-order valence-electron chi connectivity index (χ2n) is 7.24. The van der Waals surface area contributed by atoms with E-state index in [1.165, 1.54) is 12.0 Å². The Morgan fingerprint density at radius 2 is 2.00 bits per heavy atom. The maximum absolute atomic E-state index is 5.27. The van der Waals surface area contributed by atoms with Crippen molar-refractivity contribution in [3.8, 4) is 5.75 Å². The summed E-state index contributed by atoms with van der Waals surface area (Å²) < 4.78 is 7.52. The van der Waals surface area contributed by atoms with E-state index in [1.54, 1.807) is 7.11 Å². The van der Waals surface area contributed by atoms with Crippen molar-refractivity contribution in [2.24, 2.45) is 5.92 Å². The largest absolute Gasteiger partial charge is 0.497 e. The minimum Gasteiger partial charge on any atom is -0.497 e. The van der Waals surface area contributed by atoms with Crippen molar-refractivity contribution in [3.63, 3.8) is 0 Å². The molecule has 0 aliphatic carbocycles. The van der Waals surface area contributed by atoms with E-state index in [1.807, 2.05) is 6.20 Å². The lowest BCUT2D eigenvalue weighted by atomic mass is 9.97. The molecule has 2 heterocycles. The summed E-state index contributed by atoms with van der Waals surface area (Å²) in [5.41, 5.74) is 1.43. The Morgan fingerprint density at radius 3 is 2.62 bits per heavy atom. The van der Waals surface area contributed by atoms with Crippen LogP contribution in [0, 0.1) is 12.8 Å². The van der Waals surface area contributed by atoms with Gasteiger partial charge in [0.15, 0.2) is 0 Å². The highest BCUT2D eigenvalue weighted by Crippen LogP contribution is 2.32. The standard InChI is InChI=1S/C20H29N3O/c1-15(12-22-10-9-21-17(22)3)13-23-14-19(11-16(23)2)18-5-7-20(24-4)8-6-18/h5-10,15-16,19H,11-14H2,1-4H3/t15-,16-,19-/m1/s1. The Kier molecular flexibility index (Phi) is 5.24. The lowest BCUT2D eigenvalue weighted by molar-refractivity contribution is 0.220. The second kappa shape index (κ2) is 7.39. The fraction of sp³-hybridized carbons (Fsp3) is 0.550. The summed E-state index contributed by atoms with van der Waals surface area (Å²) in [4.78, 5) is 6.97. The molecule has 1 aliphatic rings. The fourth-order valence-corrected chi connectivity index (χ4v) is 3.86. The lowest BCUT2D eigenvalue weighted by Crippen LogP contribution is -2.33. The number of methoxy groups -OCH3 is 1. The number of aryl methyl sites for hydroxylation is 1. The van der Waals surface area contributed by atoms with Crippen molar-refractivity contribution in [1.82, 2.24) is 14.5 Å². The van der Waals surface area contributed by atoms with Crippen LogP contribution >= 0.6 is 0 Å². The number of imidazole rings is 1. The van der Waals surface area contributed by atoms with Gasteiger partial charge in [-0.1, -0.05) is 19.1 Å². The van der Waals surface area contributed by atoms with Gasteiger partial charge in [0.05, 0.1) is 7.11 Å². The molecule has 3 atom stereocenters. The number of benzene rings is 1. The number of hydrogen-bond acceptors (Lipinski definition) is 3. The van der Waals surface area contributed by atoms with E-state index in [4.69, 9.17) is 4.74 Å². The van der Waals surface area contributed by atoms with Gasteiger partial charge in [0, 0.05) is 38.1 Å². The van der Waals surface area contributed by atoms with Gasteiger partial charge in [0.25, 0.3) is 0 Å². The van der Waals surface area contributed by atoms with E-state index in [-0.39, 0.29) is 0 Å². The van der Waals surface area contributed by atoms with Crippen LogP contribution in [0.15, 0.2) is 36.7 Å². The minimum atomic E-state index is 0.620. The molecule has 0 spiro atoms. The van der Waals surface area contributed by atoms with E-state index in [0.29, 0.717) is 17.9 Å². The van der Waals surface area contributed by atoms with Crippen LogP contribution in [-0.4, -0.2) is 40.7 Å². The van der Waals surface area contributed by atoms with Crippen LogP contribution < -0.4 is 4.74 Å². The molecular weight excluding hydrogens is 298 g/mol. The van der Waals surface area contributed by atoms with Gasteiger partial charge in [-0.25, -0.2) is 4.98 Å². The molecule has 0 unspecified atom stereocenters. The minimum absolute atomic E-state index is 0.620. The molecule has 4 nitrogen and oxygen atoms in total. The predicted octanol–water partition coefficient (Wildman–Crippen LogP) is 3.71. The Bertz CT molecular complexity index is 649. The van der Waals surface area contributed by atoms with Crippen molar-refractivity contribution >= 4 is 0 Å². The van der Waals surface area contributed by atoms with Gasteiger partial charge in [-0.15, -0.1) is 0 Å². The van der Waals surface area contributed by atoms with Crippen LogP contribution in [-0.2, 0) is 6.54 Å². The third-order valence-corrected chi connectivity index (χ3v) is 5.27. The molecule has 1 aromatic carbocycles. The molecule has 2 aromatic rings. The van der Waals surface area contributed by atoms with Gasteiger partial charge in [-0.2, -0.15) is 0 Å². The molecule has 130 valence electrons.